The third-order valence-corrected chi connectivity index (χ3v) is 3.46. The number of nitrogens with zero attached hydrogens (tertiary/aromatic N) is 4. The molecule has 0 aliphatic carbocycles. The highest BCUT2D eigenvalue weighted by molar-refractivity contribution is 5.61. The first-order valence-corrected chi connectivity index (χ1v) is 6.68. The quantitative estimate of drug-likeness (QED) is 0.642. The van der Waals surface area contributed by atoms with Crippen LogP contribution in [0.25, 0.3) is 0 Å². The van der Waals surface area contributed by atoms with E-state index in [0.717, 1.165) is 32.5 Å². The number of hydrogen-bond acceptors (Lipinski definition) is 7. The van der Waals surface area contributed by atoms with E-state index in [-0.39, 0.29) is 23.4 Å². The predicted molar refractivity (Wildman–Crippen MR) is 74.0 cm³/mol. The van der Waals surface area contributed by atoms with Crippen molar-refractivity contribution in [2.24, 2.45) is 0 Å². The Kier molecular flexibility index (Phi) is 4.67. The van der Waals surface area contributed by atoms with Crippen molar-refractivity contribution in [3.05, 3.63) is 16.4 Å². The SMILES string of the molecule is CCN1CCCC(Nc2ncnc(OC)c2[N+](=O)[O-])C1. The van der Waals surface area contributed by atoms with Crippen LogP contribution in [0.15, 0.2) is 6.33 Å². The molecule has 2 heterocycles. The highest BCUT2D eigenvalue weighted by Gasteiger charge is 2.27. The molecular weight excluding hydrogens is 262 g/mol. The fraction of sp³-hybridized carbons (Fsp3) is 0.667. The number of ether oxygens (including phenoxy) is 1. The Morgan fingerprint density at radius 3 is 3.05 bits per heavy atom. The first-order valence-electron chi connectivity index (χ1n) is 6.68. The Balaban J connectivity index is 2.18. The molecule has 1 aliphatic rings. The van der Waals surface area contributed by atoms with Crippen molar-refractivity contribution in [3.63, 3.8) is 0 Å². The number of nitro groups is 1. The molecular formula is C12H19N5O3. The lowest BCUT2D eigenvalue weighted by Gasteiger charge is -2.32. The van der Waals surface area contributed by atoms with E-state index in [1.165, 1.54) is 13.4 Å². The molecule has 1 saturated heterocycles. The zero-order valence-corrected chi connectivity index (χ0v) is 11.7. The molecule has 1 fully saturated rings. The van der Waals surface area contributed by atoms with Crippen LogP contribution < -0.4 is 10.1 Å². The molecule has 0 amide bonds. The summed E-state index contributed by atoms with van der Waals surface area (Å²) in [6.45, 7) is 5.02. The second-order valence-electron chi connectivity index (χ2n) is 4.71. The van der Waals surface area contributed by atoms with E-state index in [0.29, 0.717) is 0 Å². The van der Waals surface area contributed by atoms with Gasteiger partial charge in [-0.3, -0.25) is 10.1 Å². The van der Waals surface area contributed by atoms with E-state index in [4.69, 9.17) is 4.74 Å². The van der Waals surface area contributed by atoms with Crippen LogP contribution in [-0.2, 0) is 0 Å². The zero-order valence-electron chi connectivity index (χ0n) is 11.7. The smallest absolute Gasteiger partial charge is 0.372 e. The summed E-state index contributed by atoms with van der Waals surface area (Å²) in [5.74, 6) is 0.209. The van der Waals surface area contributed by atoms with Crippen LogP contribution in [0.1, 0.15) is 19.8 Å². The normalized spacial score (nSPS) is 19.6. The van der Waals surface area contributed by atoms with Crippen molar-refractivity contribution in [2.75, 3.05) is 32.1 Å². The molecule has 1 aromatic rings. The minimum absolute atomic E-state index is 0.0179. The fourth-order valence-electron chi connectivity index (χ4n) is 2.44. The van der Waals surface area contributed by atoms with E-state index in [2.05, 4.69) is 27.1 Å². The van der Waals surface area contributed by atoms with Crippen LogP contribution in [0.5, 0.6) is 5.88 Å². The molecule has 0 aromatic carbocycles. The number of aromatic nitrogens is 2. The highest BCUT2D eigenvalue weighted by atomic mass is 16.6. The van der Waals surface area contributed by atoms with Gasteiger partial charge in [0.25, 0.3) is 5.88 Å². The molecule has 0 bridgehead atoms. The van der Waals surface area contributed by atoms with Crippen LogP contribution in [-0.4, -0.2) is 52.6 Å². The van der Waals surface area contributed by atoms with Gasteiger partial charge in [0, 0.05) is 12.6 Å². The fourth-order valence-corrected chi connectivity index (χ4v) is 2.44. The predicted octanol–water partition coefficient (Wildman–Crippen LogP) is 1.29. The molecule has 1 aliphatic heterocycles. The first-order chi connectivity index (χ1) is 9.65. The second-order valence-corrected chi connectivity index (χ2v) is 4.71. The van der Waals surface area contributed by atoms with Gasteiger partial charge in [-0.25, -0.2) is 4.98 Å². The standard InChI is InChI=1S/C12H19N5O3/c1-3-16-6-4-5-9(7-16)15-11-10(17(18)19)12(20-2)14-8-13-11/h8-9H,3-7H2,1-2H3,(H,13,14,15). The number of likely N-dealkylation sites (N-methyl/N-ethyl adjacent to an activating group) is 1. The summed E-state index contributed by atoms with van der Waals surface area (Å²) in [5.41, 5.74) is -0.205. The van der Waals surface area contributed by atoms with Crippen LogP contribution in [0.2, 0.25) is 0 Å². The Bertz CT molecular complexity index is 482. The average molecular weight is 281 g/mol. The lowest BCUT2D eigenvalue weighted by molar-refractivity contribution is -0.385. The Morgan fingerprint density at radius 1 is 1.60 bits per heavy atom. The lowest BCUT2D eigenvalue weighted by atomic mass is 10.1. The summed E-state index contributed by atoms with van der Waals surface area (Å²) in [7, 11) is 1.36. The maximum Gasteiger partial charge on any atom is 0.372 e. The first kappa shape index (κ1) is 14.4. The number of piperidine rings is 1. The molecule has 20 heavy (non-hydrogen) atoms. The Labute approximate surface area is 117 Å². The minimum atomic E-state index is -0.512. The van der Waals surface area contributed by atoms with Crippen molar-refractivity contribution >= 4 is 11.5 Å². The van der Waals surface area contributed by atoms with Crippen molar-refractivity contribution in [1.82, 2.24) is 14.9 Å². The third-order valence-electron chi connectivity index (χ3n) is 3.46. The number of hydrogen-bond donors (Lipinski definition) is 1. The Morgan fingerprint density at radius 2 is 2.40 bits per heavy atom. The van der Waals surface area contributed by atoms with Gasteiger partial charge in [0.1, 0.15) is 6.33 Å². The van der Waals surface area contributed by atoms with Gasteiger partial charge >= 0.3 is 5.69 Å². The topological polar surface area (TPSA) is 93.4 Å². The van der Waals surface area contributed by atoms with Gasteiger partial charge in [-0.15, -0.1) is 0 Å². The van der Waals surface area contributed by atoms with E-state index in [1.54, 1.807) is 0 Å². The van der Waals surface area contributed by atoms with Crippen LogP contribution in [0.3, 0.4) is 0 Å². The summed E-state index contributed by atoms with van der Waals surface area (Å²) in [4.78, 5) is 20.7. The van der Waals surface area contributed by atoms with Crippen molar-refractivity contribution in [2.45, 2.75) is 25.8 Å². The Hall–Kier alpha value is -1.96. The molecule has 1 aromatic heterocycles. The molecule has 1 atom stereocenters. The van der Waals surface area contributed by atoms with Gasteiger partial charge in [0.2, 0.25) is 5.82 Å². The molecule has 110 valence electrons. The average Bonchev–Trinajstić information content (AvgIpc) is 2.46. The van der Waals surface area contributed by atoms with Gasteiger partial charge in [-0.1, -0.05) is 6.92 Å². The van der Waals surface area contributed by atoms with Crippen molar-refractivity contribution in [1.29, 1.82) is 0 Å². The molecule has 0 saturated carbocycles. The molecule has 1 N–H and O–H groups in total. The second kappa shape index (κ2) is 6.47. The summed E-state index contributed by atoms with van der Waals surface area (Å²) in [6, 6.07) is 0.155. The van der Waals surface area contributed by atoms with Gasteiger partial charge in [0.15, 0.2) is 0 Å². The summed E-state index contributed by atoms with van der Waals surface area (Å²) in [5, 5.41) is 14.3. The maximum atomic E-state index is 11.2. The summed E-state index contributed by atoms with van der Waals surface area (Å²) < 4.78 is 4.94. The maximum absolute atomic E-state index is 11.2. The number of anilines is 1. The number of likely N-dealkylation sites (tertiary alicyclic amines) is 1. The van der Waals surface area contributed by atoms with E-state index >= 15 is 0 Å². The lowest BCUT2D eigenvalue weighted by Crippen LogP contribution is -2.42. The molecule has 0 spiro atoms. The van der Waals surface area contributed by atoms with Gasteiger partial charge in [0.05, 0.1) is 12.0 Å². The summed E-state index contributed by atoms with van der Waals surface area (Å²) in [6.07, 6.45) is 3.32. The highest BCUT2D eigenvalue weighted by Crippen LogP contribution is 2.31. The van der Waals surface area contributed by atoms with E-state index in [1.807, 2.05) is 0 Å². The summed E-state index contributed by atoms with van der Waals surface area (Å²) >= 11 is 0. The van der Waals surface area contributed by atoms with Gasteiger partial charge in [-0.2, -0.15) is 4.98 Å². The number of nitrogens with one attached hydrogen (secondary N) is 1. The monoisotopic (exact) mass is 281 g/mol. The van der Waals surface area contributed by atoms with Crippen LogP contribution >= 0.6 is 0 Å². The van der Waals surface area contributed by atoms with Gasteiger partial charge in [-0.05, 0) is 25.9 Å². The minimum Gasteiger partial charge on any atom is -0.476 e. The largest absolute Gasteiger partial charge is 0.476 e. The van der Waals surface area contributed by atoms with Crippen molar-refractivity contribution in [3.8, 4) is 5.88 Å². The zero-order chi connectivity index (χ0) is 14.5. The van der Waals surface area contributed by atoms with Gasteiger partial charge < -0.3 is 15.0 Å². The number of rotatable bonds is 5. The van der Waals surface area contributed by atoms with Crippen LogP contribution in [0, 0.1) is 10.1 Å². The molecule has 1 unspecified atom stereocenters. The molecule has 8 nitrogen and oxygen atoms in total. The number of methoxy groups -OCH3 is 1. The van der Waals surface area contributed by atoms with E-state index in [9.17, 15) is 10.1 Å². The van der Waals surface area contributed by atoms with Crippen molar-refractivity contribution < 1.29 is 9.66 Å². The molecule has 2 rings (SSSR count). The van der Waals surface area contributed by atoms with Crippen LogP contribution in [0.4, 0.5) is 11.5 Å². The van der Waals surface area contributed by atoms with E-state index < -0.39 is 4.92 Å². The molecule has 8 heteroatoms. The third kappa shape index (κ3) is 3.13. The molecule has 0 radical (unpaired) electrons.